The van der Waals surface area contributed by atoms with Crippen LogP contribution in [-0.2, 0) is 13.0 Å². The minimum atomic E-state index is 0.847. The van der Waals surface area contributed by atoms with E-state index in [1.165, 1.54) is 21.3 Å². The zero-order valence-corrected chi connectivity index (χ0v) is 11.4. The molecule has 0 amide bonds. The van der Waals surface area contributed by atoms with Crippen LogP contribution in [0.3, 0.4) is 0 Å². The molecular weight excluding hydrogens is 254 g/mol. The zero-order valence-electron chi connectivity index (χ0n) is 10.5. The van der Waals surface area contributed by atoms with Crippen LogP contribution >= 0.6 is 11.3 Å². The predicted octanol–water partition coefficient (Wildman–Crippen LogP) is 3.02. The number of aromatic nitrogens is 2. The molecule has 3 nitrogen and oxygen atoms in total. The van der Waals surface area contributed by atoms with Crippen molar-refractivity contribution in [3.63, 3.8) is 0 Å². The summed E-state index contributed by atoms with van der Waals surface area (Å²) < 4.78 is 0. The van der Waals surface area contributed by atoms with Crippen molar-refractivity contribution in [2.24, 2.45) is 0 Å². The Morgan fingerprint density at radius 3 is 3.00 bits per heavy atom. The number of benzene rings is 1. The van der Waals surface area contributed by atoms with Crippen molar-refractivity contribution in [1.29, 1.82) is 0 Å². The molecule has 2 aromatic heterocycles. The smallest absolute Gasteiger partial charge is 0.0937 e. The topological polar surface area (TPSA) is 37.8 Å². The molecule has 0 unspecified atom stereocenters. The Morgan fingerprint density at radius 2 is 2.11 bits per heavy atom. The summed E-state index contributed by atoms with van der Waals surface area (Å²) in [4.78, 5) is 8.57. The monoisotopic (exact) mass is 269 g/mol. The number of nitrogens with zero attached hydrogens (tertiary/aromatic N) is 2. The van der Waals surface area contributed by atoms with Crippen LogP contribution in [0.4, 0.5) is 0 Å². The average Bonchev–Trinajstić information content (AvgIpc) is 2.97. The molecule has 0 spiro atoms. The molecule has 0 saturated heterocycles. The third-order valence-corrected chi connectivity index (χ3v) is 3.90. The number of hydrogen-bond acceptors (Lipinski definition) is 4. The molecule has 0 fully saturated rings. The van der Waals surface area contributed by atoms with Crippen LogP contribution in [0.5, 0.6) is 0 Å². The van der Waals surface area contributed by atoms with Crippen LogP contribution in [0, 0.1) is 0 Å². The maximum Gasteiger partial charge on any atom is 0.0937 e. The SMILES string of the molecule is c1ccc2c(CNCCc3nccs3)cncc2c1. The van der Waals surface area contributed by atoms with Crippen LogP contribution in [0.25, 0.3) is 10.8 Å². The molecule has 0 aliphatic heterocycles. The van der Waals surface area contributed by atoms with Gasteiger partial charge in [0, 0.05) is 48.9 Å². The number of pyridine rings is 1. The van der Waals surface area contributed by atoms with E-state index in [1.54, 1.807) is 11.3 Å². The molecule has 0 atom stereocenters. The van der Waals surface area contributed by atoms with Gasteiger partial charge in [-0.25, -0.2) is 4.98 Å². The van der Waals surface area contributed by atoms with Crippen molar-refractivity contribution in [2.75, 3.05) is 6.54 Å². The van der Waals surface area contributed by atoms with E-state index in [9.17, 15) is 0 Å². The molecule has 1 N–H and O–H groups in total. The normalized spacial score (nSPS) is 10.9. The lowest BCUT2D eigenvalue weighted by Gasteiger charge is -2.07. The van der Waals surface area contributed by atoms with E-state index in [4.69, 9.17) is 0 Å². The average molecular weight is 269 g/mol. The minimum absolute atomic E-state index is 0.847. The van der Waals surface area contributed by atoms with E-state index in [-0.39, 0.29) is 0 Å². The molecule has 3 rings (SSSR count). The van der Waals surface area contributed by atoms with Crippen LogP contribution in [0.15, 0.2) is 48.2 Å². The third-order valence-electron chi connectivity index (χ3n) is 3.07. The third kappa shape index (κ3) is 2.97. The second kappa shape index (κ2) is 5.91. The number of fused-ring (bicyclic) bond motifs is 1. The van der Waals surface area contributed by atoms with Crippen molar-refractivity contribution < 1.29 is 0 Å². The minimum Gasteiger partial charge on any atom is -0.312 e. The molecule has 96 valence electrons. The molecule has 3 aromatic rings. The molecule has 19 heavy (non-hydrogen) atoms. The highest BCUT2D eigenvalue weighted by Gasteiger charge is 2.01. The van der Waals surface area contributed by atoms with Gasteiger partial charge < -0.3 is 5.32 Å². The van der Waals surface area contributed by atoms with E-state index >= 15 is 0 Å². The van der Waals surface area contributed by atoms with Crippen molar-refractivity contribution in [1.82, 2.24) is 15.3 Å². The first-order valence-corrected chi connectivity index (χ1v) is 7.22. The Kier molecular flexibility index (Phi) is 3.81. The van der Waals surface area contributed by atoms with E-state index in [0.29, 0.717) is 0 Å². The first-order valence-electron chi connectivity index (χ1n) is 6.34. The summed E-state index contributed by atoms with van der Waals surface area (Å²) in [5.74, 6) is 0. The summed E-state index contributed by atoms with van der Waals surface area (Å²) in [6.07, 6.45) is 6.69. The summed E-state index contributed by atoms with van der Waals surface area (Å²) in [7, 11) is 0. The maximum absolute atomic E-state index is 4.29. The Balaban J connectivity index is 1.62. The quantitative estimate of drug-likeness (QED) is 0.723. The Hall–Kier alpha value is -1.78. The van der Waals surface area contributed by atoms with Crippen molar-refractivity contribution in [3.05, 3.63) is 58.8 Å². The maximum atomic E-state index is 4.29. The van der Waals surface area contributed by atoms with Gasteiger partial charge in [-0.1, -0.05) is 24.3 Å². The molecule has 0 saturated carbocycles. The van der Waals surface area contributed by atoms with E-state index in [1.807, 2.05) is 30.0 Å². The summed E-state index contributed by atoms with van der Waals surface area (Å²) in [6.45, 7) is 1.79. The highest BCUT2D eigenvalue weighted by molar-refractivity contribution is 7.09. The Labute approximate surface area is 116 Å². The molecule has 0 bridgehead atoms. The van der Waals surface area contributed by atoms with Gasteiger partial charge in [-0.2, -0.15) is 0 Å². The highest BCUT2D eigenvalue weighted by Crippen LogP contribution is 2.16. The van der Waals surface area contributed by atoms with Gasteiger partial charge in [-0.3, -0.25) is 4.98 Å². The molecule has 0 aliphatic carbocycles. The fraction of sp³-hybridized carbons (Fsp3) is 0.200. The van der Waals surface area contributed by atoms with E-state index < -0.39 is 0 Å². The lowest BCUT2D eigenvalue weighted by atomic mass is 10.1. The standard InChI is InChI=1S/C15H15N3S/c1-2-4-14-12(3-1)9-17-11-13(14)10-16-6-5-15-18-7-8-19-15/h1-4,7-9,11,16H,5-6,10H2. The highest BCUT2D eigenvalue weighted by atomic mass is 32.1. The van der Waals surface area contributed by atoms with Crippen molar-refractivity contribution >= 4 is 22.1 Å². The predicted molar refractivity (Wildman–Crippen MR) is 79.3 cm³/mol. The fourth-order valence-electron chi connectivity index (χ4n) is 2.11. The fourth-order valence-corrected chi connectivity index (χ4v) is 2.74. The van der Waals surface area contributed by atoms with Gasteiger partial charge in [0.15, 0.2) is 0 Å². The zero-order chi connectivity index (χ0) is 12.9. The Bertz CT molecular complexity index is 644. The summed E-state index contributed by atoms with van der Waals surface area (Å²) in [5.41, 5.74) is 1.25. The van der Waals surface area contributed by atoms with Gasteiger partial charge in [0.1, 0.15) is 0 Å². The van der Waals surface area contributed by atoms with Gasteiger partial charge >= 0.3 is 0 Å². The molecular formula is C15H15N3S. The number of hydrogen-bond donors (Lipinski definition) is 1. The summed E-state index contributed by atoms with van der Waals surface area (Å²) in [5, 5.41) is 9.13. The second-order valence-corrected chi connectivity index (χ2v) is 5.35. The molecule has 0 aliphatic rings. The summed E-state index contributed by atoms with van der Waals surface area (Å²) >= 11 is 1.71. The van der Waals surface area contributed by atoms with Gasteiger partial charge in [-0.05, 0) is 10.9 Å². The van der Waals surface area contributed by atoms with E-state index in [2.05, 4.69) is 33.5 Å². The van der Waals surface area contributed by atoms with Crippen LogP contribution in [-0.4, -0.2) is 16.5 Å². The van der Waals surface area contributed by atoms with E-state index in [0.717, 1.165) is 19.5 Å². The number of thiazole rings is 1. The van der Waals surface area contributed by atoms with Gasteiger partial charge in [0.25, 0.3) is 0 Å². The largest absolute Gasteiger partial charge is 0.312 e. The van der Waals surface area contributed by atoms with Gasteiger partial charge in [0.05, 0.1) is 5.01 Å². The molecule has 1 aromatic carbocycles. The van der Waals surface area contributed by atoms with Gasteiger partial charge in [0.2, 0.25) is 0 Å². The lowest BCUT2D eigenvalue weighted by molar-refractivity contribution is 0.686. The van der Waals surface area contributed by atoms with Crippen molar-refractivity contribution in [2.45, 2.75) is 13.0 Å². The van der Waals surface area contributed by atoms with Crippen LogP contribution in [0.1, 0.15) is 10.6 Å². The first kappa shape index (κ1) is 12.3. The number of rotatable bonds is 5. The van der Waals surface area contributed by atoms with Gasteiger partial charge in [-0.15, -0.1) is 11.3 Å². The van der Waals surface area contributed by atoms with Crippen LogP contribution in [0.2, 0.25) is 0 Å². The number of nitrogens with one attached hydrogen (secondary N) is 1. The van der Waals surface area contributed by atoms with Crippen molar-refractivity contribution in [3.8, 4) is 0 Å². The second-order valence-electron chi connectivity index (χ2n) is 4.37. The molecule has 4 heteroatoms. The van der Waals surface area contributed by atoms with Crippen LogP contribution < -0.4 is 5.32 Å². The Morgan fingerprint density at radius 1 is 1.16 bits per heavy atom. The lowest BCUT2D eigenvalue weighted by Crippen LogP contribution is -2.16. The first-order chi connectivity index (χ1) is 9.43. The summed E-state index contributed by atoms with van der Waals surface area (Å²) in [6, 6.07) is 8.36. The molecule has 0 radical (unpaired) electrons. The molecule has 2 heterocycles.